The van der Waals surface area contributed by atoms with E-state index >= 15 is 0 Å². The smallest absolute Gasteiger partial charge is 0.191 e. The van der Waals surface area contributed by atoms with Crippen molar-refractivity contribution in [2.45, 2.75) is 40.2 Å². The van der Waals surface area contributed by atoms with Gasteiger partial charge in [-0.15, -0.1) is 0 Å². The standard InChI is InChI=1S/C19H33N3O3/c1-8-20-19(22-14(4)13(2)3)21-10-9-16-17(24-6)11-15(23-5)12-18(16)25-7/h11-14H,8-10H2,1-7H3,(H2,20,21,22). The molecule has 0 saturated carbocycles. The van der Waals surface area contributed by atoms with Gasteiger partial charge in [0.25, 0.3) is 0 Å². The topological polar surface area (TPSA) is 64.1 Å². The van der Waals surface area contributed by atoms with Gasteiger partial charge in [0.05, 0.1) is 21.3 Å². The number of hydrogen-bond acceptors (Lipinski definition) is 4. The van der Waals surface area contributed by atoms with E-state index in [0.29, 0.717) is 30.7 Å². The lowest BCUT2D eigenvalue weighted by Crippen LogP contribution is -2.44. The molecule has 25 heavy (non-hydrogen) atoms. The van der Waals surface area contributed by atoms with Crippen LogP contribution < -0.4 is 24.8 Å². The molecule has 0 radical (unpaired) electrons. The minimum Gasteiger partial charge on any atom is -0.496 e. The third kappa shape index (κ3) is 6.36. The summed E-state index contributed by atoms with van der Waals surface area (Å²) < 4.78 is 16.3. The summed E-state index contributed by atoms with van der Waals surface area (Å²) in [5.74, 6) is 3.57. The van der Waals surface area contributed by atoms with Crippen LogP contribution in [0.15, 0.2) is 17.1 Å². The molecule has 0 aliphatic carbocycles. The van der Waals surface area contributed by atoms with Crippen molar-refractivity contribution in [2.75, 3.05) is 34.4 Å². The first-order chi connectivity index (χ1) is 12.0. The average molecular weight is 351 g/mol. The molecule has 1 aromatic carbocycles. The maximum absolute atomic E-state index is 5.49. The largest absolute Gasteiger partial charge is 0.496 e. The molecule has 1 unspecified atom stereocenters. The van der Waals surface area contributed by atoms with Crippen molar-refractivity contribution in [1.29, 1.82) is 0 Å². The van der Waals surface area contributed by atoms with Gasteiger partial charge >= 0.3 is 0 Å². The summed E-state index contributed by atoms with van der Waals surface area (Å²) in [6, 6.07) is 4.08. The number of methoxy groups -OCH3 is 3. The number of nitrogens with zero attached hydrogens (tertiary/aromatic N) is 1. The number of nitrogens with one attached hydrogen (secondary N) is 2. The Morgan fingerprint density at radius 1 is 1.04 bits per heavy atom. The quantitative estimate of drug-likeness (QED) is 0.529. The molecule has 0 bridgehead atoms. The molecule has 1 aromatic rings. The van der Waals surface area contributed by atoms with Crippen LogP contribution >= 0.6 is 0 Å². The minimum absolute atomic E-state index is 0.350. The number of aliphatic imine (C=N–C) groups is 1. The molecule has 1 atom stereocenters. The van der Waals surface area contributed by atoms with Crippen LogP contribution in [0, 0.1) is 5.92 Å². The Morgan fingerprint density at radius 3 is 2.08 bits per heavy atom. The Kier molecular flexibility index (Phi) is 8.95. The van der Waals surface area contributed by atoms with Gasteiger partial charge in [-0.2, -0.15) is 0 Å². The van der Waals surface area contributed by atoms with E-state index in [1.165, 1.54) is 0 Å². The average Bonchev–Trinajstić information content (AvgIpc) is 2.61. The second kappa shape index (κ2) is 10.7. The third-order valence-electron chi connectivity index (χ3n) is 4.16. The number of hydrogen-bond donors (Lipinski definition) is 2. The van der Waals surface area contributed by atoms with Crippen LogP contribution in [-0.2, 0) is 6.42 Å². The Morgan fingerprint density at radius 2 is 1.64 bits per heavy atom. The Balaban J connectivity index is 2.90. The fourth-order valence-electron chi connectivity index (χ4n) is 2.31. The molecule has 0 aromatic heterocycles. The summed E-state index contributed by atoms with van der Waals surface area (Å²) in [4.78, 5) is 4.68. The maximum Gasteiger partial charge on any atom is 0.191 e. The second-order valence-corrected chi connectivity index (χ2v) is 6.20. The van der Waals surface area contributed by atoms with Gasteiger partial charge in [-0.3, -0.25) is 4.99 Å². The van der Waals surface area contributed by atoms with Crippen LogP contribution in [0.25, 0.3) is 0 Å². The predicted octanol–water partition coefficient (Wildman–Crippen LogP) is 2.85. The number of guanidine groups is 1. The van der Waals surface area contributed by atoms with Crippen LogP contribution in [0.3, 0.4) is 0 Å². The van der Waals surface area contributed by atoms with Crippen molar-refractivity contribution in [3.63, 3.8) is 0 Å². The van der Waals surface area contributed by atoms with Crippen LogP contribution in [-0.4, -0.2) is 46.4 Å². The second-order valence-electron chi connectivity index (χ2n) is 6.20. The SMILES string of the molecule is CCNC(=NCCc1c(OC)cc(OC)cc1OC)NC(C)C(C)C. The zero-order valence-corrected chi connectivity index (χ0v) is 16.6. The van der Waals surface area contributed by atoms with Gasteiger partial charge in [0.15, 0.2) is 5.96 Å². The van der Waals surface area contributed by atoms with Crippen molar-refractivity contribution in [1.82, 2.24) is 10.6 Å². The van der Waals surface area contributed by atoms with E-state index in [0.717, 1.165) is 29.6 Å². The van der Waals surface area contributed by atoms with Crippen LogP contribution in [0.4, 0.5) is 0 Å². The van der Waals surface area contributed by atoms with Crippen LogP contribution in [0.1, 0.15) is 33.3 Å². The first kappa shape index (κ1) is 20.9. The Hall–Kier alpha value is -2.11. The molecule has 0 aliphatic rings. The highest BCUT2D eigenvalue weighted by molar-refractivity contribution is 5.80. The van der Waals surface area contributed by atoms with Crippen molar-refractivity contribution in [3.05, 3.63) is 17.7 Å². The van der Waals surface area contributed by atoms with Gasteiger partial charge in [0.2, 0.25) is 0 Å². The fraction of sp³-hybridized carbons (Fsp3) is 0.632. The van der Waals surface area contributed by atoms with Crippen molar-refractivity contribution < 1.29 is 14.2 Å². The molecule has 6 nitrogen and oxygen atoms in total. The van der Waals surface area contributed by atoms with Gasteiger partial charge < -0.3 is 24.8 Å². The summed E-state index contributed by atoms with van der Waals surface area (Å²) in [5, 5.41) is 6.72. The number of ether oxygens (including phenoxy) is 3. The molecule has 0 aliphatic heterocycles. The van der Waals surface area contributed by atoms with E-state index in [-0.39, 0.29) is 0 Å². The molecular formula is C19H33N3O3. The van der Waals surface area contributed by atoms with E-state index in [4.69, 9.17) is 14.2 Å². The first-order valence-corrected chi connectivity index (χ1v) is 8.80. The van der Waals surface area contributed by atoms with Gasteiger partial charge in [-0.1, -0.05) is 13.8 Å². The molecule has 0 fully saturated rings. The Labute approximate surface area is 152 Å². The lowest BCUT2D eigenvalue weighted by molar-refractivity contribution is 0.369. The van der Waals surface area contributed by atoms with E-state index in [9.17, 15) is 0 Å². The van der Waals surface area contributed by atoms with E-state index < -0.39 is 0 Å². The van der Waals surface area contributed by atoms with Gasteiger partial charge in [-0.25, -0.2) is 0 Å². The summed E-state index contributed by atoms with van der Waals surface area (Å²) in [6.45, 7) is 10.0. The van der Waals surface area contributed by atoms with Crippen LogP contribution in [0.2, 0.25) is 0 Å². The first-order valence-electron chi connectivity index (χ1n) is 8.80. The zero-order valence-electron chi connectivity index (χ0n) is 16.6. The summed E-state index contributed by atoms with van der Waals surface area (Å²) in [6.07, 6.45) is 0.711. The molecular weight excluding hydrogens is 318 g/mol. The van der Waals surface area contributed by atoms with Gasteiger partial charge in [0, 0.05) is 36.8 Å². The summed E-state index contributed by atoms with van der Waals surface area (Å²) >= 11 is 0. The summed E-state index contributed by atoms with van der Waals surface area (Å²) in [5.41, 5.74) is 0.988. The van der Waals surface area contributed by atoms with Gasteiger partial charge in [0.1, 0.15) is 17.2 Å². The number of benzene rings is 1. The highest BCUT2D eigenvalue weighted by atomic mass is 16.5. The summed E-state index contributed by atoms with van der Waals surface area (Å²) in [7, 11) is 4.93. The maximum atomic E-state index is 5.49. The molecule has 1 rings (SSSR count). The van der Waals surface area contributed by atoms with Crippen LogP contribution in [0.5, 0.6) is 17.2 Å². The fourth-order valence-corrected chi connectivity index (χ4v) is 2.31. The molecule has 142 valence electrons. The lowest BCUT2D eigenvalue weighted by Gasteiger charge is -2.21. The lowest BCUT2D eigenvalue weighted by atomic mass is 10.1. The zero-order chi connectivity index (χ0) is 18.8. The normalized spacial score (nSPS) is 12.7. The number of rotatable bonds is 9. The molecule has 2 N–H and O–H groups in total. The van der Waals surface area contributed by atoms with E-state index in [1.807, 2.05) is 12.1 Å². The molecule has 0 saturated heterocycles. The van der Waals surface area contributed by atoms with Crippen molar-refractivity contribution in [3.8, 4) is 17.2 Å². The molecule has 6 heteroatoms. The molecule has 0 heterocycles. The van der Waals surface area contributed by atoms with E-state index in [2.05, 4.69) is 43.3 Å². The molecule has 0 spiro atoms. The van der Waals surface area contributed by atoms with Crippen molar-refractivity contribution >= 4 is 5.96 Å². The Bertz CT molecular complexity index is 534. The highest BCUT2D eigenvalue weighted by Gasteiger charge is 2.13. The monoisotopic (exact) mass is 351 g/mol. The minimum atomic E-state index is 0.350. The van der Waals surface area contributed by atoms with Crippen molar-refractivity contribution in [2.24, 2.45) is 10.9 Å². The third-order valence-corrected chi connectivity index (χ3v) is 4.16. The highest BCUT2D eigenvalue weighted by Crippen LogP contribution is 2.34. The van der Waals surface area contributed by atoms with Gasteiger partial charge in [-0.05, 0) is 26.2 Å². The predicted molar refractivity (Wildman–Crippen MR) is 103 cm³/mol. The van der Waals surface area contributed by atoms with E-state index in [1.54, 1.807) is 21.3 Å². The molecule has 0 amide bonds.